The first kappa shape index (κ1) is 42.7. The summed E-state index contributed by atoms with van der Waals surface area (Å²) in [5.41, 5.74) is 8.53. The van der Waals surface area contributed by atoms with Crippen LogP contribution < -0.4 is 30.7 Å². The fourth-order valence-corrected chi connectivity index (χ4v) is 5.48. The molecule has 13 nitrogen and oxygen atoms in total. The molecular formula is C35H38AlLiN6O7S2. The summed E-state index contributed by atoms with van der Waals surface area (Å²) in [6.45, 7) is 3.95. The van der Waals surface area contributed by atoms with Crippen LogP contribution in [0.2, 0.25) is 0 Å². The van der Waals surface area contributed by atoms with Gasteiger partial charge < -0.3 is 11.3 Å². The molecule has 0 aliphatic rings. The summed E-state index contributed by atoms with van der Waals surface area (Å²) in [7, 11) is 1.33. The maximum absolute atomic E-state index is 11.9. The van der Waals surface area contributed by atoms with Crippen molar-refractivity contribution in [2.45, 2.75) is 30.2 Å². The molecule has 0 unspecified atom stereocenters. The smallest absolute Gasteiger partial charge is 1.00 e. The standard InChI is InChI=1S/C18H17N3O4S.C17H17N3O3S.Al.Li.4H/c1-12-3-5-13(6-4-12)17-11-16(18(22)23-2)20-21(17)14-7-9-15(10-8-14)26-25-24-19;1-12-2-4-13(5-3-12)17-10-14(11-21)19-20(17)15-6-8-16(9-7-15)24-23-22-18;;;;;;/h3-11H,19H2,1-2H3;2-10,21H,11,18H2,1H3;;;;;;/q;;;+1;;;;-1. The van der Waals surface area contributed by atoms with Crippen LogP contribution in [-0.4, -0.2) is 55.1 Å². The molecule has 0 radical (unpaired) electrons. The zero-order valence-corrected chi connectivity index (χ0v) is 29.9. The van der Waals surface area contributed by atoms with E-state index in [0.717, 1.165) is 73.3 Å². The molecule has 0 aliphatic heterocycles. The van der Waals surface area contributed by atoms with Gasteiger partial charge in [0.15, 0.2) is 23.1 Å². The van der Waals surface area contributed by atoms with Gasteiger partial charge in [-0.05, 0) is 74.5 Å². The Labute approximate surface area is 333 Å². The molecule has 0 fully saturated rings. The van der Waals surface area contributed by atoms with Crippen molar-refractivity contribution in [3.05, 3.63) is 132 Å². The van der Waals surface area contributed by atoms with Gasteiger partial charge in [-0.3, -0.25) is 0 Å². The molecular weight excluding hydrogens is 714 g/mol. The van der Waals surface area contributed by atoms with Crippen molar-refractivity contribution in [1.29, 1.82) is 0 Å². The molecule has 2 aromatic heterocycles. The Morgan fingerprint density at radius 3 is 1.54 bits per heavy atom. The number of carbonyl (C=O) groups is 1. The molecule has 0 bridgehead atoms. The Hall–Kier alpha value is -3.68. The van der Waals surface area contributed by atoms with E-state index >= 15 is 0 Å². The van der Waals surface area contributed by atoms with Gasteiger partial charge in [0.2, 0.25) is 0 Å². The van der Waals surface area contributed by atoms with Crippen LogP contribution in [-0.2, 0) is 30.0 Å². The van der Waals surface area contributed by atoms with Crippen LogP contribution in [0.25, 0.3) is 33.9 Å². The molecule has 6 rings (SSSR count). The number of hydrogen-bond acceptors (Lipinski definition) is 13. The number of hydrogen-bond donors (Lipinski definition) is 3. The van der Waals surface area contributed by atoms with Crippen molar-refractivity contribution in [1.82, 2.24) is 19.6 Å². The second-order valence-corrected chi connectivity index (χ2v) is 12.2. The van der Waals surface area contributed by atoms with Crippen LogP contribution >= 0.6 is 24.1 Å². The number of aliphatic hydroxyl groups is 1. The van der Waals surface area contributed by atoms with E-state index in [1.807, 2.05) is 110 Å². The number of nitrogens with zero attached hydrogens (tertiary/aromatic N) is 4. The Morgan fingerprint density at radius 1 is 0.712 bits per heavy atom. The van der Waals surface area contributed by atoms with Crippen molar-refractivity contribution in [3.63, 3.8) is 0 Å². The Bertz CT molecular complexity index is 2000. The van der Waals surface area contributed by atoms with E-state index in [1.54, 1.807) is 10.7 Å². The maximum Gasteiger partial charge on any atom is 1.00 e. The molecule has 0 amide bonds. The minimum Gasteiger partial charge on any atom is -1.00 e. The third kappa shape index (κ3) is 11.2. The summed E-state index contributed by atoms with van der Waals surface area (Å²) in [5, 5.41) is 18.3. The Kier molecular flexibility index (Phi) is 17.4. The number of rotatable bonds is 12. The largest absolute Gasteiger partial charge is 1.00 e. The van der Waals surface area contributed by atoms with Crippen LogP contribution in [0, 0.1) is 13.8 Å². The van der Waals surface area contributed by atoms with E-state index in [-0.39, 0.29) is 49.9 Å². The SMILES string of the molecule is COC(=O)c1cc(-c2ccc(C)cc2)n(-c2ccc(SOON)cc2)n1.Cc1ccc(-c2cc(CO)nn2-c2ccc(SOON)cc2)cc1.[AlH3].[H-].[Li+]. The monoisotopic (exact) mass is 752 g/mol. The Morgan fingerprint density at radius 2 is 1.13 bits per heavy atom. The third-order valence-corrected chi connectivity index (χ3v) is 8.44. The molecule has 52 heavy (non-hydrogen) atoms. The number of nitrogens with two attached hydrogens (primary N) is 2. The summed E-state index contributed by atoms with van der Waals surface area (Å²) < 4.78 is 17.6. The van der Waals surface area contributed by atoms with Gasteiger partial charge in [0.1, 0.15) is 0 Å². The first-order chi connectivity index (χ1) is 24.3. The second kappa shape index (κ2) is 21.1. The number of carbonyl (C=O) groups excluding carboxylic acids is 1. The van der Waals surface area contributed by atoms with Crippen molar-refractivity contribution < 1.29 is 53.6 Å². The predicted octanol–water partition coefficient (Wildman–Crippen LogP) is 2.56. The molecule has 2 heterocycles. The van der Waals surface area contributed by atoms with E-state index in [0.29, 0.717) is 5.69 Å². The summed E-state index contributed by atoms with van der Waals surface area (Å²) in [6.07, 6.45) is 0. The fraction of sp³-hybridized carbons (Fsp3) is 0.114. The summed E-state index contributed by atoms with van der Waals surface area (Å²) in [6, 6.07) is 34.7. The number of aromatic nitrogens is 4. The van der Waals surface area contributed by atoms with Gasteiger partial charge in [-0.1, -0.05) is 59.7 Å². The molecule has 0 atom stereocenters. The zero-order valence-electron chi connectivity index (χ0n) is 29.3. The molecule has 266 valence electrons. The van der Waals surface area contributed by atoms with Crippen molar-refractivity contribution in [2.75, 3.05) is 7.11 Å². The molecule has 6 aromatic rings. The number of benzene rings is 4. The molecule has 17 heteroatoms. The molecule has 4 aromatic carbocycles. The van der Waals surface area contributed by atoms with Gasteiger partial charge in [-0.25, -0.2) is 14.2 Å². The number of esters is 1. The minimum atomic E-state index is -0.488. The average molecular weight is 753 g/mol. The maximum atomic E-state index is 11.9. The number of aryl methyl sites for hydroxylation is 2. The van der Waals surface area contributed by atoms with Gasteiger partial charge in [0.25, 0.3) is 0 Å². The molecule has 0 saturated carbocycles. The van der Waals surface area contributed by atoms with E-state index in [9.17, 15) is 9.90 Å². The van der Waals surface area contributed by atoms with Crippen LogP contribution in [0.4, 0.5) is 0 Å². The van der Waals surface area contributed by atoms with Crippen LogP contribution in [0.1, 0.15) is 28.7 Å². The van der Waals surface area contributed by atoms with Crippen LogP contribution in [0.5, 0.6) is 0 Å². The summed E-state index contributed by atoms with van der Waals surface area (Å²) >= 11 is 2.01. The van der Waals surface area contributed by atoms with E-state index < -0.39 is 5.97 Å². The van der Waals surface area contributed by atoms with Crippen molar-refractivity contribution >= 4 is 47.4 Å². The van der Waals surface area contributed by atoms with Gasteiger partial charge in [0, 0.05) is 20.9 Å². The Balaban J connectivity index is 0.000000348. The first-order valence-electron chi connectivity index (χ1n) is 15.0. The molecule has 0 aliphatic carbocycles. The number of methoxy groups -OCH3 is 1. The zero-order chi connectivity index (χ0) is 35.5. The minimum absolute atomic E-state index is 0. The molecule has 0 spiro atoms. The average Bonchev–Trinajstić information content (AvgIpc) is 3.80. The van der Waals surface area contributed by atoms with Crippen LogP contribution in [0.15, 0.2) is 119 Å². The van der Waals surface area contributed by atoms with Crippen LogP contribution in [0.3, 0.4) is 0 Å². The molecule has 0 saturated heterocycles. The molecule has 5 N–H and O–H groups in total. The topological polar surface area (TPSA) is 171 Å². The van der Waals surface area contributed by atoms with Crippen molar-refractivity contribution in [3.8, 4) is 33.9 Å². The fourth-order valence-electron chi connectivity index (χ4n) is 4.75. The second-order valence-electron chi connectivity index (χ2n) is 10.6. The van der Waals surface area contributed by atoms with Gasteiger partial charge >= 0.3 is 24.8 Å². The number of aliphatic hydroxyl groups excluding tert-OH is 1. The van der Waals surface area contributed by atoms with Crippen molar-refractivity contribution in [2.24, 2.45) is 11.8 Å². The number of ether oxygens (including phenoxy) is 1. The summed E-state index contributed by atoms with van der Waals surface area (Å²) in [5.74, 6) is 9.18. The summed E-state index contributed by atoms with van der Waals surface area (Å²) in [4.78, 5) is 21.7. The normalized spacial score (nSPS) is 10.4. The predicted molar refractivity (Wildman–Crippen MR) is 200 cm³/mol. The quantitative estimate of drug-likeness (QED) is 0.0549. The van der Waals surface area contributed by atoms with Gasteiger partial charge in [-0.2, -0.15) is 22.0 Å². The van der Waals surface area contributed by atoms with Gasteiger partial charge in [-0.15, -0.1) is 18.6 Å². The van der Waals surface area contributed by atoms with E-state index in [2.05, 4.69) is 41.0 Å². The van der Waals surface area contributed by atoms with E-state index in [1.165, 1.54) is 12.7 Å². The first-order valence-corrected chi connectivity index (χ1v) is 16.4. The third-order valence-electron chi connectivity index (χ3n) is 7.22. The van der Waals surface area contributed by atoms with Gasteiger partial charge in [0.05, 0.1) is 66.3 Å². The van der Waals surface area contributed by atoms with E-state index in [4.69, 9.17) is 16.5 Å².